The SMILES string of the molecule is C/C=C\n1ccc(C(C)N2CCOCC2)cc1=N. The Bertz CT molecular complexity index is 472. The van der Waals surface area contributed by atoms with E-state index in [2.05, 4.69) is 17.9 Å². The number of allylic oxidation sites excluding steroid dienone is 1. The third-order valence-electron chi connectivity index (χ3n) is 3.39. The van der Waals surface area contributed by atoms with Crippen molar-refractivity contribution in [3.63, 3.8) is 0 Å². The molecule has 1 aliphatic rings. The molecule has 4 nitrogen and oxygen atoms in total. The summed E-state index contributed by atoms with van der Waals surface area (Å²) in [4.78, 5) is 2.40. The number of ether oxygens (including phenoxy) is 1. The molecule has 0 saturated carbocycles. The van der Waals surface area contributed by atoms with Gasteiger partial charge >= 0.3 is 0 Å². The molecule has 2 heterocycles. The summed E-state index contributed by atoms with van der Waals surface area (Å²) in [5.74, 6) is 0. The Morgan fingerprint density at radius 3 is 2.72 bits per heavy atom. The van der Waals surface area contributed by atoms with E-state index in [1.807, 2.05) is 36.0 Å². The van der Waals surface area contributed by atoms with E-state index in [9.17, 15) is 0 Å². The van der Waals surface area contributed by atoms with Crippen LogP contribution in [0.2, 0.25) is 0 Å². The predicted octanol–water partition coefficient (Wildman–Crippen LogP) is 1.85. The average Bonchev–Trinajstić information content (AvgIpc) is 2.41. The van der Waals surface area contributed by atoms with Gasteiger partial charge in [-0.05, 0) is 31.5 Å². The standard InChI is InChI=1S/C14H21N3O/c1-3-5-17-6-4-13(11-14(17)15)12(2)16-7-9-18-10-8-16/h3-6,11-12,15H,7-10H2,1-2H3/b5-3-,15-14?. The van der Waals surface area contributed by atoms with Crippen molar-refractivity contribution in [1.82, 2.24) is 9.47 Å². The molecule has 1 atom stereocenters. The van der Waals surface area contributed by atoms with Crippen LogP contribution in [0.4, 0.5) is 0 Å². The summed E-state index contributed by atoms with van der Waals surface area (Å²) in [6.07, 6.45) is 5.78. The molecule has 18 heavy (non-hydrogen) atoms. The zero-order valence-corrected chi connectivity index (χ0v) is 11.1. The van der Waals surface area contributed by atoms with Crippen LogP contribution in [0.25, 0.3) is 6.20 Å². The van der Waals surface area contributed by atoms with Crippen molar-refractivity contribution in [1.29, 1.82) is 5.41 Å². The third-order valence-corrected chi connectivity index (χ3v) is 3.39. The summed E-state index contributed by atoms with van der Waals surface area (Å²) >= 11 is 0. The first-order chi connectivity index (χ1) is 8.72. The lowest BCUT2D eigenvalue weighted by atomic mass is 10.1. The highest BCUT2D eigenvalue weighted by atomic mass is 16.5. The van der Waals surface area contributed by atoms with E-state index in [0.29, 0.717) is 11.5 Å². The van der Waals surface area contributed by atoms with Gasteiger partial charge in [-0.1, -0.05) is 6.08 Å². The van der Waals surface area contributed by atoms with Crippen LogP contribution < -0.4 is 5.49 Å². The molecule has 1 saturated heterocycles. The van der Waals surface area contributed by atoms with Gasteiger partial charge in [0.15, 0.2) is 0 Å². The Balaban J connectivity index is 2.17. The Morgan fingerprint density at radius 2 is 2.11 bits per heavy atom. The summed E-state index contributed by atoms with van der Waals surface area (Å²) < 4.78 is 7.18. The number of hydrogen-bond donors (Lipinski definition) is 1. The molecular formula is C14H21N3O. The van der Waals surface area contributed by atoms with Crippen LogP contribution >= 0.6 is 0 Å². The van der Waals surface area contributed by atoms with Gasteiger partial charge in [0, 0.05) is 31.5 Å². The van der Waals surface area contributed by atoms with Gasteiger partial charge in [-0.2, -0.15) is 0 Å². The van der Waals surface area contributed by atoms with E-state index in [4.69, 9.17) is 10.1 Å². The number of morpholine rings is 1. The van der Waals surface area contributed by atoms with Crippen molar-refractivity contribution >= 4 is 6.20 Å². The smallest absolute Gasteiger partial charge is 0.129 e. The van der Waals surface area contributed by atoms with Crippen molar-refractivity contribution in [2.75, 3.05) is 26.3 Å². The van der Waals surface area contributed by atoms with E-state index < -0.39 is 0 Å². The second-order valence-electron chi connectivity index (χ2n) is 4.56. The lowest BCUT2D eigenvalue weighted by Gasteiger charge is -2.32. The van der Waals surface area contributed by atoms with Gasteiger partial charge in [-0.15, -0.1) is 0 Å². The van der Waals surface area contributed by atoms with E-state index in [1.54, 1.807) is 0 Å². The number of nitrogens with one attached hydrogen (secondary N) is 1. The molecule has 0 amide bonds. The minimum absolute atomic E-state index is 0.346. The largest absolute Gasteiger partial charge is 0.379 e. The van der Waals surface area contributed by atoms with E-state index in [0.717, 1.165) is 26.3 Å². The Labute approximate surface area is 108 Å². The molecule has 1 aromatic rings. The van der Waals surface area contributed by atoms with E-state index >= 15 is 0 Å². The van der Waals surface area contributed by atoms with Crippen molar-refractivity contribution < 1.29 is 4.74 Å². The van der Waals surface area contributed by atoms with Crippen molar-refractivity contribution in [3.8, 4) is 0 Å². The van der Waals surface area contributed by atoms with Crippen LogP contribution in [0.5, 0.6) is 0 Å². The van der Waals surface area contributed by atoms with Crippen LogP contribution in [0.15, 0.2) is 24.4 Å². The molecule has 0 radical (unpaired) electrons. The van der Waals surface area contributed by atoms with E-state index in [1.165, 1.54) is 5.56 Å². The predicted molar refractivity (Wildman–Crippen MR) is 72.1 cm³/mol. The Morgan fingerprint density at radius 1 is 1.39 bits per heavy atom. The van der Waals surface area contributed by atoms with Crippen LogP contribution in [0.1, 0.15) is 25.5 Å². The van der Waals surface area contributed by atoms with Gasteiger partial charge in [-0.25, -0.2) is 0 Å². The molecule has 98 valence electrons. The first-order valence-electron chi connectivity index (χ1n) is 6.43. The number of pyridine rings is 1. The second kappa shape index (κ2) is 5.98. The highest BCUT2D eigenvalue weighted by molar-refractivity contribution is 5.24. The molecule has 4 heteroatoms. The van der Waals surface area contributed by atoms with Crippen LogP contribution in [0, 0.1) is 5.41 Å². The summed E-state index contributed by atoms with van der Waals surface area (Å²) in [6.45, 7) is 7.71. The van der Waals surface area contributed by atoms with Gasteiger partial charge in [0.25, 0.3) is 0 Å². The maximum absolute atomic E-state index is 7.99. The van der Waals surface area contributed by atoms with Gasteiger partial charge in [0.1, 0.15) is 5.49 Å². The molecule has 0 spiro atoms. The zero-order valence-electron chi connectivity index (χ0n) is 11.1. The molecule has 1 unspecified atom stereocenters. The Hall–Kier alpha value is -1.39. The summed E-state index contributed by atoms with van der Waals surface area (Å²) in [7, 11) is 0. The Kier molecular flexibility index (Phi) is 4.33. The topological polar surface area (TPSA) is 41.2 Å². The van der Waals surface area contributed by atoms with Crippen LogP contribution in [-0.2, 0) is 4.74 Å². The maximum atomic E-state index is 7.99. The summed E-state index contributed by atoms with van der Waals surface area (Å²) in [5, 5.41) is 7.99. The summed E-state index contributed by atoms with van der Waals surface area (Å²) in [6, 6.07) is 4.39. The van der Waals surface area contributed by atoms with Gasteiger partial charge in [0.05, 0.1) is 13.2 Å². The van der Waals surface area contributed by atoms with Crippen molar-refractivity contribution in [2.24, 2.45) is 0 Å². The fraction of sp³-hybridized carbons (Fsp3) is 0.500. The second-order valence-corrected chi connectivity index (χ2v) is 4.56. The molecule has 2 rings (SSSR count). The third kappa shape index (κ3) is 2.89. The van der Waals surface area contributed by atoms with E-state index in [-0.39, 0.29) is 0 Å². The average molecular weight is 247 g/mol. The fourth-order valence-electron chi connectivity index (χ4n) is 2.25. The molecule has 0 bridgehead atoms. The lowest BCUT2D eigenvalue weighted by molar-refractivity contribution is 0.0198. The molecular weight excluding hydrogens is 226 g/mol. The number of hydrogen-bond acceptors (Lipinski definition) is 3. The molecule has 1 aromatic heterocycles. The summed E-state index contributed by atoms with van der Waals surface area (Å²) in [5.41, 5.74) is 1.72. The van der Waals surface area contributed by atoms with Crippen LogP contribution in [0.3, 0.4) is 0 Å². The molecule has 1 N–H and O–H groups in total. The minimum atomic E-state index is 0.346. The fourth-order valence-corrected chi connectivity index (χ4v) is 2.25. The first-order valence-corrected chi connectivity index (χ1v) is 6.43. The lowest BCUT2D eigenvalue weighted by Crippen LogP contribution is -2.38. The van der Waals surface area contributed by atoms with Gasteiger partial charge in [-0.3, -0.25) is 10.3 Å². The monoisotopic (exact) mass is 247 g/mol. The number of nitrogens with zero attached hydrogens (tertiary/aromatic N) is 2. The molecule has 1 fully saturated rings. The minimum Gasteiger partial charge on any atom is -0.379 e. The van der Waals surface area contributed by atoms with Crippen molar-refractivity contribution in [2.45, 2.75) is 19.9 Å². The maximum Gasteiger partial charge on any atom is 0.129 e. The molecule has 0 aliphatic carbocycles. The number of aromatic nitrogens is 1. The highest BCUT2D eigenvalue weighted by Gasteiger charge is 2.18. The quantitative estimate of drug-likeness (QED) is 0.885. The van der Waals surface area contributed by atoms with Gasteiger partial charge < -0.3 is 9.30 Å². The van der Waals surface area contributed by atoms with Crippen molar-refractivity contribution in [3.05, 3.63) is 35.5 Å². The van der Waals surface area contributed by atoms with Gasteiger partial charge in [0.2, 0.25) is 0 Å². The highest BCUT2D eigenvalue weighted by Crippen LogP contribution is 2.19. The zero-order chi connectivity index (χ0) is 13.0. The molecule has 0 aromatic carbocycles. The van der Waals surface area contributed by atoms with Crippen LogP contribution in [-0.4, -0.2) is 35.8 Å². The first kappa shape index (κ1) is 13.1. The normalized spacial score (nSPS) is 19.2. The molecule has 1 aliphatic heterocycles. The number of rotatable bonds is 3.